The first kappa shape index (κ1) is 15.1. The second-order valence-corrected chi connectivity index (χ2v) is 4.47. The molecule has 0 saturated carbocycles. The van der Waals surface area contributed by atoms with E-state index in [0.717, 1.165) is 36.3 Å². The molecule has 0 aliphatic heterocycles. The molecule has 0 bridgehead atoms. The van der Waals surface area contributed by atoms with Gasteiger partial charge in [0.2, 0.25) is 5.95 Å². The molecule has 0 amide bonds. The second kappa shape index (κ2) is 7.47. The molecule has 0 saturated heterocycles. The van der Waals surface area contributed by atoms with E-state index in [1.165, 1.54) is 0 Å². The fourth-order valence-corrected chi connectivity index (χ4v) is 2.07. The Balaban J connectivity index is 2.22. The van der Waals surface area contributed by atoms with E-state index in [1.807, 2.05) is 37.3 Å². The Kier molecular flexibility index (Phi) is 5.37. The Morgan fingerprint density at radius 1 is 1.10 bits per heavy atom. The summed E-state index contributed by atoms with van der Waals surface area (Å²) in [6, 6.07) is 9.70. The molecule has 0 aliphatic carbocycles. The van der Waals surface area contributed by atoms with Crippen molar-refractivity contribution in [1.82, 2.24) is 9.97 Å². The van der Waals surface area contributed by atoms with E-state index in [2.05, 4.69) is 34.0 Å². The van der Waals surface area contributed by atoms with Crippen LogP contribution in [0.15, 0.2) is 36.5 Å². The molecular weight excluding hydrogens is 264 g/mol. The number of nitrogens with one attached hydrogen (secondary N) is 1. The topological polar surface area (TPSA) is 50.3 Å². The predicted molar refractivity (Wildman–Crippen MR) is 86.5 cm³/mol. The smallest absolute Gasteiger partial charge is 0.227 e. The number of ether oxygens (including phenoxy) is 1. The quantitative estimate of drug-likeness (QED) is 0.844. The Labute approximate surface area is 126 Å². The van der Waals surface area contributed by atoms with Gasteiger partial charge in [-0.05, 0) is 39.0 Å². The van der Waals surface area contributed by atoms with Gasteiger partial charge < -0.3 is 15.0 Å². The summed E-state index contributed by atoms with van der Waals surface area (Å²) in [5, 5.41) is 3.30. The first-order valence-electron chi connectivity index (χ1n) is 7.35. The highest BCUT2D eigenvalue weighted by molar-refractivity contribution is 5.64. The molecule has 2 aromatic rings. The molecule has 21 heavy (non-hydrogen) atoms. The van der Waals surface area contributed by atoms with Crippen molar-refractivity contribution in [2.45, 2.75) is 20.8 Å². The largest absolute Gasteiger partial charge is 0.492 e. The Morgan fingerprint density at radius 3 is 2.57 bits per heavy atom. The first-order chi connectivity index (χ1) is 10.3. The van der Waals surface area contributed by atoms with Crippen molar-refractivity contribution in [3.63, 3.8) is 0 Å². The van der Waals surface area contributed by atoms with Crippen LogP contribution in [0.4, 0.5) is 17.5 Å². The number of aromatic nitrogens is 2. The number of rotatable bonds is 7. The van der Waals surface area contributed by atoms with E-state index in [4.69, 9.17) is 4.74 Å². The van der Waals surface area contributed by atoms with Crippen LogP contribution in [0.5, 0.6) is 5.75 Å². The van der Waals surface area contributed by atoms with Crippen molar-refractivity contribution < 1.29 is 4.74 Å². The van der Waals surface area contributed by atoms with Crippen LogP contribution in [0.2, 0.25) is 0 Å². The van der Waals surface area contributed by atoms with Crippen LogP contribution >= 0.6 is 0 Å². The average Bonchev–Trinajstić information content (AvgIpc) is 2.51. The van der Waals surface area contributed by atoms with E-state index < -0.39 is 0 Å². The lowest BCUT2D eigenvalue weighted by atomic mass is 10.3. The van der Waals surface area contributed by atoms with Crippen molar-refractivity contribution in [2.75, 3.05) is 29.9 Å². The molecule has 1 aromatic carbocycles. The van der Waals surface area contributed by atoms with Gasteiger partial charge in [-0.2, -0.15) is 4.98 Å². The van der Waals surface area contributed by atoms with Crippen LogP contribution in [-0.4, -0.2) is 29.7 Å². The maximum absolute atomic E-state index is 5.61. The molecule has 1 N–H and O–H groups in total. The van der Waals surface area contributed by atoms with Crippen LogP contribution in [-0.2, 0) is 0 Å². The molecule has 1 heterocycles. The maximum Gasteiger partial charge on any atom is 0.227 e. The molecule has 2 rings (SSSR count). The van der Waals surface area contributed by atoms with Gasteiger partial charge in [0.1, 0.15) is 11.6 Å². The Bertz CT molecular complexity index is 570. The van der Waals surface area contributed by atoms with Gasteiger partial charge in [-0.25, -0.2) is 4.98 Å². The van der Waals surface area contributed by atoms with Gasteiger partial charge in [-0.3, -0.25) is 0 Å². The highest BCUT2D eigenvalue weighted by Gasteiger charge is 2.08. The van der Waals surface area contributed by atoms with E-state index in [-0.39, 0.29) is 0 Å². The number of benzene rings is 1. The van der Waals surface area contributed by atoms with Crippen LogP contribution < -0.4 is 15.0 Å². The van der Waals surface area contributed by atoms with Crippen molar-refractivity contribution in [3.05, 3.63) is 36.5 Å². The third-order valence-electron chi connectivity index (χ3n) is 3.14. The summed E-state index contributed by atoms with van der Waals surface area (Å²) in [7, 11) is 0. The summed E-state index contributed by atoms with van der Waals surface area (Å²) >= 11 is 0. The van der Waals surface area contributed by atoms with Crippen molar-refractivity contribution in [3.8, 4) is 5.75 Å². The average molecular weight is 286 g/mol. The van der Waals surface area contributed by atoms with Gasteiger partial charge >= 0.3 is 0 Å². The lowest BCUT2D eigenvalue weighted by Gasteiger charge is -2.19. The zero-order valence-corrected chi connectivity index (χ0v) is 12.8. The van der Waals surface area contributed by atoms with E-state index in [9.17, 15) is 0 Å². The third-order valence-corrected chi connectivity index (χ3v) is 3.14. The van der Waals surface area contributed by atoms with Gasteiger partial charge in [-0.1, -0.05) is 12.1 Å². The molecule has 5 heteroatoms. The molecule has 0 atom stereocenters. The molecule has 1 aromatic heterocycles. The number of para-hydroxylation sites is 2. The fraction of sp³-hybridized carbons (Fsp3) is 0.375. The SMILES string of the molecule is CCOc1ccccc1Nc1ccnc(N(CC)CC)n1. The molecule has 112 valence electrons. The van der Waals surface area contributed by atoms with Gasteiger partial charge in [0.15, 0.2) is 0 Å². The molecule has 5 nitrogen and oxygen atoms in total. The molecule has 0 spiro atoms. The summed E-state index contributed by atoms with van der Waals surface area (Å²) in [6.07, 6.45) is 1.77. The van der Waals surface area contributed by atoms with Crippen molar-refractivity contribution >= 4 is 17.5 Å². The lowest BCUT2D eigenvalue weighted by Crippen LogP contribution is -2.24. The van der Waals surface area contributed by atoms with E-state index in [1.54, 1.807) is 6.20 Å². The van der Waals surface area contributed by atoms with Crippen LogP contribution in [0.1, 0.15) is 20.8 Å². The van der Waals surface area contributed by atoms with Crippen molar-refractivity contribution in [1.29, 1.82) is 0 Å². The second-order valence-electron chi connectivity index (χ2n) is 4.47. The minimum absolute atomic E-state index is 0.632. The van der Waals surface area contributed by atoms with Gasteiger partial charge in [0.25, 0.3) is 0 Å². The van der Waals surface area contributed by atoms with E-state index >= 15 is 0 Å². The zero-order chi connectivity index (χ0) is 15.1. The summed E-state index contributed by atoms with van der Waals surface area (Å²) in [5.74, 6) is 2.32. The Morgan fingerprint density at radius 2 is 1.86 bits per heavy atom. The monoisotopic (exact) mass is 286 g/mol. The molecule has 0 aliphatic rings. The molecule has 0 fully saturated rings. The van der Waals surface area contributed by atoms with E-state index in [0.29, 0.717) is 6.61 Å². The van der Waals surface area contributed by atoms with Crippen LogP contribution in [0.25, 0.3) is 0 Å². The summed E-state index contributed by atoms with van der Waals surface area (Å²) in [6.45, 7) is 8.56. The third kappa shape index (κ3) is 3.84. The number of hydrogen-bond acceptors (Lipinski definition) is 5. The van der Waals surface area contributed by atoms with Crippen molar-refractivity contribution in [2.24, 2.45) is 0 Å². The van der Waals surface area contributed by atoms with Crippen LogP contribution in [0.3, 0.4) is 0 Å². The fourth-order valence-electron chi connectivity index (χ4n) is 2.07. The maximum atomic E-state index is 5.61. The number of nitrogens with zero attached hydrogens (tertiary/aromatic N) is 3. The summed E-state index contributed by atoms with van der Waals surface area (Å²) in [4.78, 5) is 11.0. The van der Waals surface area contributed by atoms with Gasteiger partial charge in [0, 0.05) is 19.3 Å². The van der Waals surface area contributed by atoms with Gasteiger partial charge in [-0.15, -0.1) is 0 Å². The summed E-state index contributed by atoms with van der Waals surface area (Å²) < 4.78 is 5.61. The predicted octanol–water partition coefficient (Wildman–Crippen LogP) is 3.47. The van der Waals surface area contributed by atoms with Crippen LogP contribution in [0, 0.1) is 0 Å². The summed E-state index contributed by atoms with van der Waals surface area (Å²) in [5.41, 5.74) is 0.906. The highest BCUT2D eigenvalue weighted by atomic mass is 16.5. The molecule has 0 unspecified atom stereocenters. The first-order valence-corrected chi connectivity index (χ1v) is 7.35. The molecular formula is C16H22N4O. The van der Waals surface area contributed by atoms with Gasteiger partial charge in [0.05, 0.1) is 12.3 Å². The molecule has 0 radical (unpaired) electrons. The minimum Gasteiger partial charge on any atom is -0.492 e. The normalized spacial score (nSPS) is 10.2. The number of anilines is 3. The minimum atomic E-state index is 0.632. The zero-order valence-electron chi connectivity index (χ0n) is 12.8. The standard InChI is InChI=1S/C16H22N4O/c1-4-20(5-2)16-17-12-11-15(19-16)18-13-9-7-8-10-14(13)21-6-3/h7-12H,4-6H2,1-3H3,(H,17,18,19). The Hall–Kier alpha value is -2.30. The lowest BCUT2D eigenvalue weighted by molar-refractivity contribution is 0.342. The highest BCUT2D eigenvalue weighted by Crippen LogP contribution is 2.26. The number of hydrogen-bond donors (Lipinski definition) is 1.